The highest BCUT2D eigenvalue weighted by Crippen LogP contribution is 2.41. The molecule has 0 saturated heterocycles. The maximum atomic E-state index is 10.8. The molecule has 4 rings (SSSR count). The van der Waals surface area contributed by atoms with Gasteiger partial charge >= 0.3 is 0 Å². The third kappa shape index (κ3) is 5.80. The first kappa shape index (κ1) is 27.1. The van der Waals surface area contributed by atoms with E-state index in [1.165, 1.54) is 27.8 Å². The van der Waals surface area contributed by atoms with E-state index in [2.05, 4.69) is 69.1 Å². The maximum Gasteiger partial charge on any atom is 0.293 e. The molecule has 0 radical (unpaired) electrons. The van der Waals surface area contributed by atoms with Crippen LogP contribution in [0.15, 0.2) is 54.9 Å². The summed E-state index contributed by atoms with van der Waals surface area (Å²) in [7, 11) is 0. The highest BCUT2D eigenvalue weighted by Gasteiger charge is 2.33. The summed E-state index contributed by atoms with van der Waals surface area (Å²) in [4.78, 5) is 14.9. The Balaban J connectivity index is 1.61. The van der Waals surface area contributed by atoms with Crippen LogP contribution >= 0.6 is 0 Å². The number of benzene rings is 2. The fourth-order valence-corrected chi connectivity index (χ4v) is 6.29. The van der Waals surface area contributed by atoms with E-state index in [-0.39, 0.29) is 12.0 Å². The number of carbonyl (C=O) groups is 1. The van der Waals surface area contributed by atoms with E-state index in [1.54, 1.807) is 6.20 Å². The van der Waals surface area contributed by atoms with Gasteiger partial charge in [-0.15, -0.1) is 0 Å². The average Bonchev–Trinajstić information content (AvgIpc) is 3.35. The fraction of sp³-hybridized carbons (Fsp3) is 0.455. The van der Waals surface area contributed by atoms with Crippen LogP contribution < -0.4 is 0 Å². The molecule has 196 valence electrons. The maximum absolute atomic E-state index is 10.8. The van der Waals surface area contributed by atoms with Gasteiger partial charge < -0.3 is 9.84 Å². The molecule has 1 aliphatic rings. The predicted octanol–water partition coefficient (Wildman–Crippen LogP) is 7.38. The van der Waals surface area contributed by atoms with Crippen LogP contribution in [-0.2, 0) is 28.0 Å². The molecule has 1 N–H and O–H groups in total. The highest BCUT2D eigenvalue weighted by molar-refractivity contribution is 5.68. The molecule has 4 heteroatoms. The molecule has 37 heavy (non-hydrogen) atoms. The second-order valence-corrected chi connectivity index (χ2v) is 10.9. The van der Waals surface area contributed by atoms with Crippen molar-refractivity contribution in [2.75, 3.05) is 0 Å². The second kappa shape index (κ2) is 11.6. The first-order valence-corrected chi connectivity index (χ1v) is 13.8. The van der Waals surface area contributed by atoms with Crippen molar-refractivity contribution in [1.82, 2.24) is 4.98 Å². The number of ether oxygens (including phenoxy) is 1. The quantitative estimate of drug-likeness (QED) is 0.280. The molecule has 1 aromatic heterocycles. The van der Waals surface area contributed by atoms with Crippen molar-refractivity contribution >= 4 is 6.47 Å². The zero-order valence-corrected chi connectivity index (χ0v) is 22.8. The molecular formula is C33H41NO3. The van der Waals surface area contributed by atoms with Gasteiger partial charge in [-0.25, -0.2) is 0 Å². The predicted molar refractivity (Wildman–Crippen MR) is 150 cm³/mol. The Labute approximate surface area is 222 Å². The Kier molecular flexibility index (Phi) is 8.49. The van der Waals surface area contributed by atoms with Crippen molar-refractivity contribution in [2.24, 2.45) is 0 Å². The van der Waals surface area contributed by atoms with Gasteiger partial charge in [0, 0.05) is 28.9 Å². The Morgan fingerprint density at radius 3 is 2.27 bits per heavy atom. The van der Waals surface area contributed by atoms with Crippen LogP contribution in [0.1, 0.15) is 92.2 Å². The number of nitrogens with zero attached hydrogens (tertiary/aromatic N) is 1. The van der Waals surface area contributed by atoms with Gasteiger partial charge in [0.2, 0.25) is 0 Å². The zero-order chi connectivity index (χ0) is 26.5. The van der Waals surface area contributed by atoms with Crippen LogP contribution in [0, 0.1) is 13.8 Å². The number of aromatic nitrogens is 1. The standard InChI is InChI=1S/C33H41NO3/c1-5-33(6-2,29-10-9-27(24(3)17-29)13-16-32(36)14-7-8-15-32)30-11-12-31(25(4)18-30)28-19-26(20-34-21-28)22-37-23-35/h9-12,17-21,23,36H,5-8,13-16,22H2,1-4H3. The summed E-state index contributed by atoms with van der Waals surface area (Å²) in [5.74, 6) is 0. The summed E-state index contributed by atoms with van der Waals surface area (Å²) in [6, 6.07) is 15.8. The van der Waals surface area contributed by atoms with Crippen LogP contribution in [0.3, 0.4) is 0 Å². The molecule has 1 fully saturated rings. The minimum atomic E-state index is -0.461. The van der Waals surface area contributed by atoms with Crippen molar-refractivity contribution in [3.63, 3.8) is 0 Å². The molecule has 0 bridgehead atoms. The molecule has 2 aromatic carbocycles. The summed E-state index contributed by atoms with van der Waals surface area (Å²) >= 11 is 0. The van der Waals surface area contributed by atoms with Crippen molar-refractivity contribution in [2.45, 2.75) is 96.7 Å². The van der Waals surface area contributed by atoms with E-state index in [9.17, 15) is 9.90 Å². The van der Waals surface area contributed by atoms with Gasteiger partial charge in [-0.1, -0.05) is 63.1 Å². The molecular weight excluding hydrogens is 458 g/mol. The second-order valence-electron chi connectivity index (χ2n) is 10.9. The lowest BCUT2D eigenvalue weighted by atomic mass is 9.69. The van der Waals surface area contributed by atoms with Crippen LogP contribution in [0.2, 0.25) is 0 Å². The van der Waals surface area contributed by atoms with E-state index < -0.39 is 5.60 Å². The largest absolute Gasteiger partial charge is 0.463 e. The van der Waals surface area contributed by atoms with Crippen molar-refractivity contribution < 1.29 is 14.6 Å². The van der Waals surface area contributed by atoms with Gasteiger partial charge in [-0.3, -0.25) is 9.78 Å². The normalized spacial score (nSPS) is 15.1. The lowest BCUT2D eigenvalue weighted by Gasteiger charge is -2.34. The SMILES string of the molecule is CCC(CC)(c1ccc(CCC2(O)CCCC2)c(C)c1)c1ccc(-c2cncc(COC=O)c2)c(C)c1. The molecule has 0 aliphatic heterocycles. The first-order chi connectivity index (χ1) is 17.8. The molecule has 1 saturated carbocycles. The molecule has 1 aliphatic carbocycles. The van der Waals surface area contributed by atoms with Gasteiger partial charge in [-0.05, 0) is 91.8 Å². The molecule has 0 unspecified atom stereocenters. The molecule has 3 aromatic rings. The van der Waals surface area contributed by atoms with Gasteiger partial charge in [0.05, 0.1) is 5.60 Å². The van der Waals surface area contributed by atoms with Gasteiger partial charge in [0.1, 0.15) is 6.61 Å². The molecule has 0 amide bonds. The third-order valence-corrected chi connectivity index (χ3v) is 8.70. The van der Waals surface area contributed by atoms with Gasteiger partial charge in [0.25, 0.3) is 6.47 Å². The Hall–Kier alpha value is -2.98. The number of pyridine rings is 1. The summed E-state index contributed by atoms with van der Waals surface area (Å²) in [5, 5.41) is 10.8. The van der Waals surface area contributed by atoms with E-state index in [0.717, 1.165) is 68.1 Å². The summed E-state index contributed by atoms with van der Waals surface area (Å²) in [6.45, 7) is 9.64. The molecule has 4 nitrogen and oxygen atoms in total. The fourth-order valence-electron chi connectivity index (χ4n) is 6.29. The number of aliphatic hydroxyl groups is 1. The van der Waals surface area contributed by atoms with E-state index >= 15 is 0 Å². The number of hydrogen-bond donors (Lipinski definition) is 1. The average molecular weight is 500 g/mol. The minimum absolute atomic E-state index is 0.0614. The topological polar surface area (TPSA) is 59.4 Å². The van der Waals surface area contributed by atoms with Crippen molar-refractivity contribution in [3.8, 4) is 11.1 Å². The number of rotatable bonds is 11. The third-order valence-electron chi connectivity index (χ3n) is 8.70. The number of aryl methyl sites for hydroxylation is 3. The van der Waals surface area contributed by atoms with E-state index in [1.807, 2.05) is 12.3 Å². The molecule has 0 atom stereocenters. The lowest BCUT2D eigenvalue weighted by Crippen LogP contribution is -2.27. The molecule has 0 spiro atoms. The first-order valence-electron chi connectivity index (χ1n) is 13.8. The monoisotopic (exact) mass is 499 g/mol. The highest BCUT2D eigenvalue weighted by atomic mass is 16.5. The Morgan fingerprint density at radius 1 is 0.973 bits per heavy atom. The minimum Gasteiger partial charge on any atom is -0.463 e. The van der Waals surface area contributed by atoms with Crippen LogP contribution in [0.25, 0.3) is 11.1 Å². The number of carbonyl (C=O) groups excluding carboxylic acids is 1. The van der Waals surface area contributed by atoms with Crippen LogP contribution in [-0.4, -0.2) is 22.2 Å². The number of hydrogen-bond acceptors (Lipinski definition) is 4. The van der Waals surface area contributed by atoms with Gasteiger partial charge in [0.15, 0.2) is 0 Å². The molecule has 1 heterocycles. The Morgan fingerprint density at radius 2 is 1.65 bits per heavy atom. The van der Waals surface area contributed by atoms with Gasteiger partial charge in [-0.2, -0.15) is 0 Å². The van der Waals surface area contributed by atoms with E-state index in [0.29, 0.717) is 6.47 Å². The Bertz CT molecular complexity index is 1220. The smallest absolute Gasteiger partial charge is 0.293 e. The van der Waals surface area contributed by atoms with Crippen LogP contribution in [0.4, 0.5) is 0 Å². The van der Waals surface area contributed by atoms with E-state index in [4.69, 9.17) is 4.74 Å². The summed E-state index contributed by atoms with van der Waals surface area (Å²) in [6.07, 6.45) is 11.6. The lowest BCUT2D eigenvalue weighted by molar-refractivity contribution is -0.129. The van der Waals surface area contributed by atoms with Crippen molar-refractivity contribution in [3.05, 3.63) is 88.2 Å². The summed E-state index contributed by atoms with van der Waals surface area (Å²) in [5.41, 5.74) is 9.09. The zero-order valence-electron chi connectivity index (χ0n) is 22.8. The summed E-state index contributed by atoms with van der Waals surface area (Å²) < 4.78 is 4.91. The van der Waals surface area contributed by atoms with Crippen LogP contribution in [0.5, 0.6) is 0 Å². The van der Waals surface area contributed by atoms with Crippen molar-refractivity contribution in [1.29, 1.82) is 0 Å².